The fourth-order valence-electron chi connectivity index (χ4n) is 8.85. The molecule has 5 amide bonds. The van der Waals surface area contributed by atoms with E-state index in [4.69, 9.17) is 20.2 Å². The minimum Gasteiger partial charge on any atom is -0.457 e. The second kappa shape index (κ2) is 21.3. The topological polar surface area (TPSA) is 243 Å². The average molecular weight is 988 g/mol. The molecule has 5 heterocycles. The minimum absolute atomic E-state index is 0.0288. The summed E-state index contributed by atoms with van der Waals surface area (Å²) in [5.74, 6) is -4.90. The van der Waals surface area contributed by atoms with Crippen LogP contribution in [0.5, 0.6) is 0 Å². The summed E-state index contributed by atoms with van der Waals surface area (Å²) in [5.41, 5.74) is 5.15. The number of benzene rings is 1. The van der Waals surface area contributed by atoms with Crippen molar-refractivity contribution < 1.29 is 47.8 Å². The van der Waals surface area contributed by atoms with Gasteiger partial charge < -0.3 is 30.4 Å². The third-order valence-corrected chi connectivity index (χ3v) is 13.4. The van der Waals surface area contributed by atoms with Crippen LogP contribution in [-0.4, -0.2) is 80.8 Å². The molecule has 3 atom stereocenters. The molecule has 3 aliphatic rings. The van der Waals surface area contributed by atoms with Gasteiger partial charge in [0.2, 0.25) is 23.3 Å². The Kier molecular flexibility index (Phi) is 16.0. The molecule has 17 nitrogen and oxygen atoms in total. The molecule has 4 N–H and O–H groups in total. The predicted molar refractivity (Wildman–Crippen MR) is 249 cm³/mol. The molecular weight excluding hydrogens is 928 g/mol. The molecule has 6 rings (SSSR count). The number of rotatable bonds is 23. The Morgan fingerprint density at radius 2 is 1.69 bits per heavy atom. The maximum absolute atomic E-state index is 14.0. The van der Waals surface area contributed by atoms with Gasteiger partial charge in [0.1, 0.15) is 18.4 Å². The van der Waals surface area contributed by atoms with Gasteiger partial charge in [0, 0.05) is 71.4 Å². The highest BCUT2D eigenvalue weighted by atomic mass is 79.9. The lowest BCUT2D eigenvalue weighted by Gasteiger charge is -2.36. The number of hydrogen-bond donors (Lipinski definition) is 3. The van der Waals surface area contributed by atoms with Crippen LogP contribution in [0.15, 0.2) is 51.8 Å². The van der Waals surface area contributed by atoms with E-state index in [0.717, 1.165) is 20.3 Å². The summed E-state index contributed by atoms with van der Waals surface area (Å²) in [6.07, 6.45) is 5.03. The first-order chi connectivity index (χ1) is 31.7. The number of ketones is 1. The monoisotopic (exact) mass is 986 g/mol. The van der Waals surface area contributed by atoms with Crippen molar-refractivity contribution in [3.63, 3.8) is 0 Å². The van der Waals surface area contributed by atoms with Crippen molar-refractivity contribution in [2.24, 2.45) is 23.0 Å². The number of unbranched alkanes of at least 4 members (excludes halogenated alkanes) is 3. The molecule has 0 saturated heterocycles. The molecule has 3 aromatic rings. The van der Waals surface area contributed by atoms with Gasteiger partial charge in [-0.3, -0.25) is 43.3 Å². The number of pyridine rings is 2. The van der Waals surface area contributed by atoms with Crippen molar-refractivity contribution in [2.45, 2.75) is 130 Å². The van der Waals surface area contributed by atoms with Gasteiger partial charge >= 0.3 is 11.9 Å². The number of cyclic esters (lactones) is 1. The maximum Gasteiger partial charge on any atom is 0.355 e. The molecule has 2 aromatic heterocycles. The number of ether oxygens (including phenoxy) is 2. The maximum atomic E-state index is 14.0. The Labute approximate surface area is 397 Å². The highest BCUT2D eigenvalue weighted by Crippen LogP contribution is 2.42. The lowest BCUT2D eigenvalue weighted by atomic mass is 9.84. The van der Waals surface area contributed by atoms with Crippen molar-refractivity contribution in [3.8, 4) is 11.4 Å². The molecule has 0 unspecified atom stereocenters. The second-order valence-electron chi connectivity index (χ2n) is 18.7. The number of carbonyl (C=O) groups is 8. The van der Waals surface area contributed by atoms with E-state index in [0.29, 0.717) is 49.0 Å². The summed E-state index contributed by atoms with van der Waals surface area (Å²) in [6.45, 7) is 8.96. The number of nitrogens with two attached hydrogens (primary N) is 1. The zero-order chi connectivity index (χ0) is 48.8. The lowest BCUT2D eigenvalue weighted by Crippen LogP contribution is -2.51. The zero-order valence-corrected chi connectivity index (χ0v) is 40.3. The van der Waals surface area contributed by atoms with Crippen molar-refractivity contribution >= 4 is 74.1 Å². The number of halogens is 1. The van der Waals surface area contributed by atoms with Gasteiger partial charge in [-0.15, -0.1) is 0 Å². The number of Topliss-reactive ketones (excluding diaryl/α,β-unsaturated/α-hetero) is 1. The van der Waals surface area contributed by atoms with E-state index < -0.39 is 52.6 Å². The van der Waals surface area contributed by atoms with Crippen LogP contribution >= 0.6 is 15.9 Å². The Morgan fingerprint density at radius 3 is 2.37 bits per heavy atom. The van der Waals surface area contributed by atoms with Gasteiger partial charge in [0.25, 0.3) is 17.4 Å². The molecule has 0 bridgehead atoms. The van der Waals surface area contributed by atoms with Crippen molar-refractivity contribution in [1.29, 1.82) is 0 Å². The second-order valence-corrected chi connectivity index (χ2v) is 19.6. The fraction of sp³-hybridized carbons (Fsp3) is 0.510. The van der Waals surface area contributed by atoms with E-state index >= 15 is 0 Å². The first-order valence-corrected chi connectivity index (χ1v) is 23.7. The first kappa shape index (κ1) is 50.4. The third kappa shape index (κ3) is 11.6. The summed E-state index contributed by atoms with van der Waals surface area (Å²) in [7, 11) is 0. The number of amides is 5. The molecule has 358 valence electrons. The van der Waals surface area contributed by atoms with Crippen LogP contribution < -0.4 is 21.9 Å². The van der Waals surface area contributed by atoms with Gasteiger partial charge in [-0.2, -0.15) is 0 Å². The van der Waals surface area contributed by atoms with E-state index in [-0.39, 0.29) is 105 Å². The van der Waals surface area contributed by atoms with E-state index in [9.17, 15) is 43.2 Å². The molecule has 1 aromatic carbocycles. The lowest BCUT2D eigenvalue weighted by molar-refractivity contribution is -0.190. The van der Waals surface area contributed by atoms with Crippen LogP contribution in [0.25, 0.3) is 22.3 Å². The normalized spacial score (nSPS) is 17.2. The number of carbonyl (C=O) groups excluding carboxylic acids is 8. The smallest absolute Gasteiger partial charge is 0.355 e. The molecule has 0 fully saturated rings. The summed E-state index contributed by atoms with van der Waals surface area (Å²) in [5, 5.41) is 6.58. The first-order valence-electron chi connectivity index (χ1n) is 22.9. The highest BCUT2D eigenvalue weighted by Gasteiger charge is 2.51. The summed E-state index contributed by atoms with van der Waals surface area (Å²) < 4.78 is 14.0. The molecule has 0 saturated carbocycles. The van der Waals surface area contributed by atoms with Crippen LogP contribution in [0.2, 0.25) is 0 Å². The van der Waals surface area contributed by atoms with Crippen LogP contribution in [0.3, 0.4) is 0 Å². The standard InChI is InChI=1S/C49H59BrN6O11/c1-6-49(34-23-38-43-29(21-32-35(50)14-12-16-36(32)53-43)25-56(38)46(64)33(34)26-66-47(49)65)67-42(61)24-48(4,5)27-52-45(63)37(15-9-10-17-39(51)58)54-44(62)31(28(2)3)22-30(57)13-8-7-11-20-55-40(59)18-19-41(55)60/h12,14,16,18-19,21,23,28,31,37H,6-11,13,15,17,20,22,24-27H2,1-5H3,(H2,51,58)(H,52,63)(H,54,62)/t31-,37-,49-/m0/s1. The Bertz CT molecular complexity index is 2570. The van der Waals surface area contributed by atoms with Gasteiger partial charge in [-0.05, 0) is 67.7 Å². The van der Waals surface area contributed by atoms with Crippen molar-refractivity contribution in [3.05, 3.63) is 74.0 Å². The Morgan fingerprint density at radius 1 is 0.970 bits per heavy atom. The number of nitrogens with one attached hydrogen (secondary N) is 2. The van der Waals surface area contributed by atoms with Crippen LogP contribution in [0, 0.1) is 17.3 Å². The highest BCUT2D eigenvalue weighted by molar-refractivity contribution is 9.10. The SMILES string of the molecule is CC[C@@]1(OC(=O)CC(C)(C)CNC(=O)[C@H](CCCCC(N)=O)NC(=O)[C@@H](CC(=O)CCCCCN2C(=O)C=CC2=O)C(C)C)C(=O)OCc2c1cc1n(c2=O)Cc2cc3c(Br)cccc3nc2-1. The number of fused-ring (bicyclic) bond motifs is 5. The molecule has 67 heavy (non-hydrogen) atoms. The van der Waals surface area contributed by atoms with E-state index in [1.54, 1.807) is 31.4 Å². The molecule has 18 heteroatoms. The molecular formula is C49H59BrN6O11. The predicted octanol–water partition coefficient (Wildman–Crippen LogP) is 5.17. The van der Waals surface area contributed by atoms with Gasteiger partial charge in [0.05, 0.1) is 35.4 Å². The van der Waals surface area contributed by atoms with Crippen LogP contribution in [0.4, 0.5) is 0 Å². The van der Waals surface area contributed by atoms with E-state index in [1.807, 2.05) is 38.1 Å². The minimum atomic E-state index is -1.93. The van der Waals surface area contributed by atoms with E-state index in [1.165, 1.54) is 12.2 Å². The van der Waals surface area contributed by atoms with Gasteiger partial charge in [-0.1, -0.05) is 69.5 Å². The fourth-order valence-corrected chi connectivity index (χ4v) is 9.32. The van der Waals surface area contributed by atoms with Crippen LogP contribution in [-0.2, 0) is 66.6 Å². The number of primary amides is 1. The number of aromatic nitrogens is 2. The number of nitrogens with zero attached hydrogens (tertiary/aromatic N) is 3. The summed E-state index contributed by atoms with van der Waals surface area (Å²) in [4.78, 5) is 123. The number of imide groups is 1. The van der Waals surface area contributed by atoms with Crippen molar-refractivity contribution in [1.82, 2.24) is 25.1 Å². The number of hydrogen-bond acceptors (Lipinski definition) is 12. The number of esters is 2. The Balaban J connectivity index is 1.09. The average Bonchev–Trinajstić information content (AvgIpc) is 3.80. The summed E-state index contributed by atoms with van der Waals surface area (Å²) >= 11 is 3.58. The molecule has 0 spiro atoms. The van der Waals surface area contributed by atoms with Gasteiger partial charge in [-0.25, -0.2) is 9.78 Å². The van der Waals surface area contributed by atoms with Crippen molar-refractivity contribution in [2.75, 3.05) is 13.1 Å². The zero-order valence-electron chi connectivity index (χ0n) is 38.7. The Hall–Kier alpha value is -6.04. The largest absolute Gasteiger partial charge is 0.457 e. The summed E-state index contributed by atoms with van der Waals surface area (Å²) in [6, 6.07) is 8.29. The van der Waals surface area contributed by atoms with E-state index in [2.05, 4.69) is 26.6 Å². The van der Waals surface area contributed by atoms with Gasteiger partial charge in [0.15, 0.2) is 0 Å². The molecule has 3 aliphatic heterocycles. The molecule has 0 radical (unpaired) electrons. The quantitative estimate of drug-likeness (QED) is 0.0495. The molecule has 0 aliphatic carbocycles. The third-order valence-electron chi connectivity index (χ3n) is 12.7. The van der Waals surface area contributed by atoms with Crippen LogP contribution in [0.1, 0.15) is 122 Å².